The van der Waals surface area contributed by atoms with Crippen LogP contribution in [-0.2, 0) is 22.5 Å². The molecule has 26 heavy (non-hydrogen) atoms. The van der Waals surface area contributed by atoms with Gasteiger partial charge >= 0.3 is 0 Å². The molecule has 2 aromatic carbocycles. The molecule has 0 aliphatic rings. The maximum Gasteiger partial charge on any atom is 0.230 e. The SMILES string of the molecule is COCCn1ccc2cc(NC(=O)Cc3noc4ccccc34)ccc21. The van der Waals surface area contributed by atoms with Crippen molar-refractivity contribution in [3.63, 3.8) is 0 Å². The molecular formula is C20H19N3O3. The summed E-state index contributed by atoms with van der Waals surface area (Å²) in [7, 11) is 1.69. The van der Waals surface area contributed by atoms with E-state index in [1.807, 2.05) is 54.7 Å². The van der Waals surface area contributed by atoms with E-state index in [0.29, 0.717) is 17.9 Å². The van der Waals surface area contributed by atoms with Gasteiger partial charge in [-0.3, -0.25) is 4.79 Å². The Morgan fingerprint density at radius 1 is 1.23 bits per heavy atom. The third-order valence-corrected chi connectivity index (χ3v) is 4.37. The third kappa shape index (κ3) is 3.19. The number of methoxy groups -OCH3 is 1. The lowest BCUT2D eigenvalue weighted by Gasteiger charge is -2.07. The van der Waals surface area contributed by atoms with Crippen LogP contribution < -0.4 is 5.32 Å². The van der Waals surface area contributed by atoms with E-state index >= 15 is 0 Å². The number of rotatable bonds is 6. The van der Waals surface area contributed by atoms with Crippen LogP contribution in [0.25, 0.3) is 21.9 Å². The molecule has 0 aliphatic carbocycles. The molecule has 0 atom stereocenters. The summed E-state index contributed by atoms with van der Waals surface area (Å²) in [5.41, 5.74) is 3.21. The Bertz CT molecular complexity index is 1060. The van der Waals surface area contributed by atoms with E-state index in [9.17, 15) is 4.79 Å². The summed E-state index contributed by atoms with van der Waals surface area (Å²) in [6.07, 6.45) is 2.20. The van der Waals surface area contributed by atoms with Crippen LogP contribution in [0.15, 0.2) is 59.3 Å². The van der Waals surface area contributed by atoms with Crippen LogP contribution in [0.4, 0.5) is 5.69 Å². The fraction of sp³-hybridized carbons (Fsp3) is 0.200. The number of para-hydroxylation sites is 1. The van der Waals surface area contributed by atoms with Gasteiger partial charge in [-0.1, -0.05) is 17.3 Å². The van der Waals surface area contributed by atoms with Crippen molar-refractivity contribution >= 4 is 33.5 Å². The number of hydrogen-bond donors (Lipinski definition) is 1. The van der Waals surface area contributed by atoms with Gasteiger partial charge in [-0.2, -0.15) is 0 Å². The smallest absolute Gasteiger partial charge is 0.230 e. The monoisotopic (exact) mass is 349 g/mol. The predicted octanol–water partition coefficient (Wildman–Crippen LogP) is 3.61. The second-order valence-electron chi connectivity index (χ2n) is 6.13. The van der Waals surface area contributed by atoms with Gasteiger partial charge in [0, 0.05) is 41.8 Å². The maximum atomic E-state index is 12.4. The number of aromatic nitrogens is 2. The Morgan fingerprint density at radius 2 is 2.12 bits per heavy atom. The Kier molecular flexibility index (Phi) is 4.41. The standard InChI is InChI=1S/C20H19N3O3/c1-25-11-10-23-9-8-14-12-15(6-7-18(14)23)21-20(24)13-17-16-4-2-3-5-19(16)26-22-17/h2-9,12H,10-11,13H2,1H3,(H,21,24). The maximum absolute atomic E-state index is 12.4. The molecular weight excluding hydrogens is 330 g/mol. The minimum absolute atomic E-state index is 0.123. The van der Waals surface area contributed by atoms with Crippen LogP contribution in [-0.4, -0.2) is 29.3 Å². The molecule has 6 heteroatoms. The Morgan fingerprint density at radius 3 is 3.00 bits per heavy atom. The first-order chi connectivity index (χ1) is 12.7. The second kappa shape index (κ2) is 7.01. The van der Waals surface area contributed by atoms with Crippen LogP contribution in [0.1, 0.15) is 5.69 Å². The molecule has 4 rings (SSSR count). The number of amides is 1. The number of anilines is 1. The molecule has 4 aromatic rings. The Balaban J connectivity index is 1.49. The van der Waals surface area contributed by atoms with Crippen molar-refractivity contribution in [1.82, 2.24) is 9.72 Å². The first-order valence-corrected chi connectivity index (χ1v) is 8.45. The van der Waals surface area contributed by atoms with Crippen LogP contribution >= 0.6 is 0 Å². The molecule has 0 spiro atoms. The van der Waals surface area contributed by atoms with E-state index in [4.69, 9.17) is 9.26 Å². The summed E-state index contributed by atoms with van der Waals surface area (Å²) < 4.78 is 12.5. The average Bonchev–Trinajstić information content (AvgIpc) is 3.24. The molecule has 2 heterocycles. The van der Waals surface area contributed by atoms with Crippen molar-refractivity contribution in [3.05, 3.63) is 60.4 Å². The molecule has 0 unspecified atom stereocenters. The minimum atomic E-state index is -0.123. The minimum Gasteiger partial charge on any atom is -0.383 e. The summed E-state index contributed by atoms with van der Waals surface area (Å²) in [5, 5.41) is 8.89. The number of ether oxygens (including phenoxy) is 1. The van der Waals surface area contributed by atoms with Gasteiger partial charge in [0.2, 0.25) is 5.91 Å². The van der Waals surface area contributed by atoms with Crippen molar-refractivity contribution in [2.75, 3.05) is 19.0 Å². The van der Waals surface area contributed by atoms with E-state index in [1.165, 1.54) is 0 Å². The summed E-state index contributed by atoms with van der Waals surface area (Å²) in [4.78, 5) is 12.4. The molecule has 0 radical (unpaired) electrons. The summed E-state index contributed by atoms with van der Waals surface area (Å²) >= 11 is 0. The largest absolute Gasteiger partial charge is 0.383 e. The van der Waals surface area contributed by atoms with Crippen molar-refractivity contribution in [2.24, 2.45) is 0 Å². The van der Waals surface area contributed by atoms with Gasteiger partial charge in [0.25, 0.3) is 0 Å². The van der Waals surface area contributed by atoms with E-state index < -0.39 is 0 Å². The molecule has 132 valence electrons. The van der Waals surface area contributed by atoms with Gasteiger partial charge in [0.05, 0.1) is 13.0 Å². The van der Waals surface area contributed by atoms with Crippen LogP contribution in [0.5, 0.6) is 0 Å². The van der Waals surface area contributed by atoms with Crippen molar-refractivity contribution < 1.29 is 14.1 Å². The van der Waals surface area contributed by atoms with Gasteiger partial charge in [-0.05, 0) is 36.4 Å². The lowest BCUT2D eigenvalue weighted by atomic mass is 10.1. The highest BCUT2D eigenvalue weighted by atomic mass is 16.5. The van der Waals surface area contributed by atoms with E-state index in [2.05, 4.69) is 15.0 Å². The topological polar surface area (TPSA) is 69.3 Å². The van der Waals surface area contributed by atoms with Crippen LogP contribution in [0.2, 0.25) is 0 Å². The first kappa shape index (κ1) is 16.4. The van der Waals surface area contributed by atoms with Gasteiger partial charge in [0.15, 0.2) is 5.58 Å². The number of nitrogens with zero attached hydrogens (tertiary/aromatic N) is 2. The third-order valence-electron chi connectivity index (χ3n) is 4.37. The van der Waals surface area contributed by atoms with Gasteiger partial charge in [0.1, 0.15) is 5.69 Å². The normalized spacial score (nSPS) is 11.3. The van der Waals surface area contributed by atoms with Crippen LogP contribution in [0, 0.1) is 0 Å². The van der Waals surface area contributed by atoms with Crippen LogP contribution in [0.3, 0.4) is 0 Å². The summed E-state index contributed by atoms with van der Waals surface area (Å²) in [6.45, 7) is 1.46. The highest BCUT2D eigenvalue weighted by Gasteiger charge is 2.12. The zero-order valence-electron chi connectivity index (χ0n) is 14.4. The zero-order valence-corrected chi connectivity index (χ0v) is 14.4. The number of nitrogens with one attached hydrogen (secondary N) is 1. The van der Waals surface area contributed by atoms with Crippen molar-refractivity contribution in [2.45, 2.75) is 13.0 Å². The lowest BCUT2D eigenvalue weighted by molar-refractivity contribution is -0.115. The van der Waals surface area contributed by atoms with Gasteiger partial charge in [-0.25, -0.2) is 0 Å². The summed E-state index contributed by atoms with van der Waals surface area (Å²) in [6, 6.07) is 15.4. The predicted molar refractivity (Wildman–Crippen MR) is 100 cm³/mol. The van der Waals surface area contributed by atoms with Gasteiger partial charge in [-0.15, -0.1) is 0 Å². The zero-order chi connectivity index (χ0) is 17.9. The molecule has 0 saturated heterocycles. The Labute approximate surface area is 150 Å². The van der Waals surface area contributed by atoms with E-state index in [0.717, 1.165) is 28.5 Å². The molecule has 0 fully saturated rings. The molecule has 1 N–H and O–H groups in total. The average molecular weight is 349 g/mol. The fourth-order valence-corrected chi connectivity index (χ4v) is 3.09. The number of fused-ring (bicyclic) bond motifs is 2. The second-order valence-corrected chi connectivity index (χ2v) is 6.13. The molecule has 6 nitrogen and oxygen atoms in total. The van der Waals surface area contributed by atoms with Crippen molar-refractivity contribution in [1.29, 1.82) is 0 Å². The van der Waals surface area contributed by atoms with E-state index in [-0.39, 0.29) is 12.3 Å². The molecule has 0 aliphatic heterocycles. The van der Waals surface area contributed by atoms with E-state index in [1.54, 1.807) is 7.11 Å². The quantitative estimate of drug-likeness (QED) is 0.577. The highest BCUT2D eigenvalue weighted by Crippen LogP contribution is 2.22. The fourth-order valence-electron chi connectivity index (χ4n) is 3.09. The molecule has 0 bridgehead atoms. The number of carbonyl (C=O) groups is 1. The molecule has 2 aromatic heterocycles. The lowest BCUT2D eigenvalue weighted by Crippen LogP contribution is -2.14. The highest BCUT2D eigenvalue weighted by molar-refractivity contribution is 5.96. The number of benzene rings is 2. The van der Waals surface area contributed by atoms with Crippen molar-refractivity contribution in [3.8, 4) is 0 Å². The van der Waals surface area contributed by atoms with Gasteiger partial charge < -0.3 is 19.1 Å². The number of carbonyl (C=O) groups excluding carboxylic acids is 1. The summed E-state index contributed by atoms with van der Waals surface area (Å²) in [5.74, 6) is -0.123. The molecule has 0 saturated carbocycles. The first-order valence-electron chi connectivity index (χ1n) is 8.45. The Hall–Kier alpha value is -3.12. The number of hydrogen-bond acceptors (Lipinski definition) is 4. The molecule has 1 amide bonds.